The summed E-state index contributed by atoms with van der Waals surface area (Å²) in [4.78, 5) is 16.1. The van der Waals surface area contributed by atoms with Crippen LogP contribution in [0.25, 0.3) is 0 Å². The van der Waals surface area contributed by atoms with E-state index in [-0.39, 0.29) is 11.9 Å². The van der Waals surface area contributed by atoms with Crippen LogP contribution in [0.4, 0.5) is 17.7 Å². The molecule has 0 aromatic carbocycles. The third-order valence-corrected chi connectivity index (χ3v) is 2.27. The molecule has 0 saturated carbocycles. The van der Waals surface area contributed by atoms with E-state index in [0.717, 1.165) is 0 Å². The van der Waals surface area contributed by atoms with Crippen LogP contribution in [0.2, 0.25) is 0 Å². The number of nitrogens with zero attached hydrogens (tertiary/aromatic N) is 4. The van der Waals surface area contributed by atoms with Gasteiger partial charge in [0.15, 0.2) is 0 Å². The Morgan fingerprint density at radius 3 is 1.95 bits per heavy atom. The standard InChI is InChI=1S/C11H14N6O3/c1-18-7-4-6(13-10(12)15-7)14-11-16-8(19-2)5-9(17-11)20-3/h4-5H,1-3H3,(H3,12,13,14,15,16,17). The second-order valence-corrected chi connectivity index (χ2v) is 3.56. The fourth-order valence-electron chi connectivity index (χ4n) is 1.39. The molecule has 0 radical (unpaired) electrons. The first kappa shape index (κ1) is 13.6. The Hall–Kier alpha value is -2.84. The van der Waals surface area contributed by atoms with E-state index in [1.165, 1.54) is 21.3 Å². The van der Waals surface area contributed by atoms with E-state index in [1.54, 1.807) is 12.1 Å². The summed E-state index contributed by atoms with van der Waals surface area (Å²) < 4.78 is 15.1. The summed E-state index contributed by atoms with van der Waals surface area (Å²) in [7, 11) is 4.48. The number of anilines is 3. The maximum atomic E-state index is 5.57. The molecule has 2 aromatic rings. The number of ether oxygens (including phenoxy) is 3. The van der Waals surface area contributed by atoms with Crippen LogP contribution in [-0.4, -0.2) is 41.3 Å². The Kier molecular flexibility index (Phi) is 3.99. The molecule has 0 aliphatic heterocycles. The van der Waals surface area contributed by atoms with E-state index in [9.17, 15) is 0 Å². The molecule has 0 unspecified atom stereocenters. The molecule has 0 aliphatic rings. The zero-order valence-corrected chi connectivity index (χ0v) is 11.2. The van der Waals surface area contributed by atoms with Gasteiger partial charge in [0.05, 0.1) is 27.4 Å². The van der Waals surface area contributed by atoms with Crippen LogP contribution in [0.5, 0.6) is 17.6 Å². The largest absolute Gasteiger partial charge is 0.481 e. The van der Waals surface area contributed by atoms with E-state index in [1.807, 2.05) is 0 Å². The Bertz CT molecular complexity index is 584. The van der Waals surface area contributed by atoms with E-state index < -0.39 is 0 Å². The van der Waals surface area contributed by atoms with Crippen molar-refractivity contribution in [2.75, 3.05) is 32.4 Å². The van der Waals surface area contributed by atoms with Crippen molar-refractivity contribution < 1.29 is 14.2 Å². The van der Waals surface area contributed by atoms with Crippen LogP contribution in [-0.2, 0) is 0 Å². The molecule has 2 rings (SSSR count). The number of aromatic nitrogens is 4. The van der Waals surface area contributed by atoms with Gasteiger partial charge in [-0.3, -0.25) is 0 Å². The van der Waals surface area contributed by atoms with E-state index in [2.05, 4.69) is 25.3 Å². The molecule has 9 heteroatoms. The third kappa shape index (κ3) is 3.13. The van der Waals surface area contributed by atoms with Gasteiger partial charge >= 0.3 is 0 Å². The van der Waals surface area contributed by atoms with Gasteiger partial charge in [-0.05, 0) is 0 Å². The maximum Gasteiger partial charge on any atom is 0.235 e. The molecular formula is C11H14N6O3. The van der Waals surface area contributed by atoms with Crippen molar-refractivity contribution >= 4 is 17.7 Å². The molecule has 0 amide bonds. The van der Waals surface area contributed by atoms with Gasteiger partial charge in [0.1, 0.15) is 5.82 Å². The van der Waals surface area contributed by atoms with E-state index in [0.29, 0.717) is 23.5 Å². The molecule has 9 nitrogen and oxygen atoms in total. The van der Waals surface area contributed by atoms with Gasteiger partial charge in [-0.2, -0.15) is 19.9 Å². The Morgan fingerprint density at radius 1 is 0.850 bits per heavy atom. The quantitative estimate of drug-likeness (QED) is 0.811. The number of nitrogen functional groups attached to an aromatic ring is 1. The number of nitrogens with one attached hydrogen (secondary N) is 1. The van der Waals surface area contributed by atoms with Crippen molar-refractivity contribution in [1.29, 1.82) is 0 Å². The summed E-state index contributed by atoms with van der Waals surface area (Å²) in [5.74, 6) is 1.75. The number of nitrogens with two attached hydrogens (primary N) is 1. The lowest BCUT2D eigenvalue weighted by Gasteiger charge is -2.08. The van der Waals surface area contributed by atoms with E-state index >= 15 is 0 Å². The number of hydrogen-bond donors (Lipinski definition) is 2. The average molecular weight is 278 g/mol. The van der Waals surface area contributed by atoms with Crippen LogP contribution in [0.1, 0.15) is 0 Å². The maximum absolute atomic E-state index is 5.57. The van der Waals surface area contributed by atoms with Crippen LogP contribution in [0, 0.1) is 0 Å². The lowest BCUT2D eigenvalue weighted by Crippen LogP contribution is -2.05. The van der Waals surface area contributed by atoms with Gasteiger partial charge in [0.25, 0.3) is 0 Å². The molecule has 0 atom stereocenters. The van der Waals surface area contributed by atoms with Crippen LogP contribution in [0.15, 0.2) is 12.1 Å². The minimum absolute atomic E-state index is 0.0710. The lowest BCUT2D eigenvalue weighted by atomic mass is 10.5. The number of hydrogen-bond acceptors (Lipinski definition) is 9. The fraction of sp³-hybridized carbons (Fsp3) is 0.273. The molecule has 0 bridgehead atoms. The molecule has 2 heterocycles. The predicted molar refractivity (Wildman–Crippen MR) is 71.4 cm³/mol. The molecule has 20 heavy (non-hydrogen) atoms. The molecule has 0 spiro atoms. The number of rotatable bonds is 5. The molecule has 0 saturated heterocycles. The summed E-state index contributed by atoms with van der Waals surface area (Å²) >= 11 is 0. The lowest BCUT2D eigenvalue weighted by molar-refractivity contribution is 0.373. The van der Waals surface area contributed by atoms with Crippen molar-refractivity contribution in [2.24, 2.45) is 0 Å². The number of methoxy groups -OCH3 is 3. The highest BCUT2D eigenvalue weighted by atomic mass is 16.5. The highest BCUT2D eigenvalue weighted by molar-refractivity contribution is 5.52. The summed E-state index contributed by atoms with van der Waals surface area (Å²) in [6.07, 6.45) is 0. The predicted octanol–water partition coefficient (Wildman–Crippen LogP) is 0.618. The molecule has 106 valence electrons. The van der Waals surface area contributed by atoms with E-state index in [4.69, 9.17) is 19.9 Å². The van der Waals surface area contributed by atoms with Gasteiger partial charge in [0.2, 0.25) is 29.5 Å². The normalized spacial score (nSPS) is 9.95. The van der Waals surface area contributed by atoms with Crippen molar-refractivity contribution in [3.05, 3.63) is 12.1 Å². The first-order valence-electron chi connectivity index (χ1n) is 5.57. The highest BCUT2D eigenvalue weighted by Crippen LogP contribution is 2.21. The van der Waals surface area contributed by atoms with Gasteiger partial charge < -0.3 is 25.3 Å². The second kappa shape index (κ2) is 5.87. The monoisotopic (exact) mass is 278 g/mol. The SMILES string of the molecule is COc1cc(Nc2nc(OC)cc(OC)n2)nc(N)n1. The molecule has 2 aromatic heterocycles. The summed E-state index contributed by atoms with van der Waals surface area (Å²) in [6.45, 7) is 0. The fourth-order valence-corrected chi connectivity index (χ4v) is 1.39. The van der Waals surface area contributed by atoms with Gasteiger partial charge in [0, 0.05) is 6.07 Å². The third-order valence-electron chi connectivity index (χ3n) is 2.27. The molecule has 3 N–H and O–H groups in total. The Balaban J connectivity index is 2.31. The van der Waals surface area contributed by atoms with Crippen LogP contribution >= 0.6 is 0 Å². The smallest absolute Gasteiger partial charge is 0.235 e. The first-order chi connectivity index (χ1) is 9.64. The van der Waals surface area contributed by atoms with Crippen molar-refractivity contribution in [3.8, 4) is 17.6 Å². The summed E-state index contributed by atoms with van der Waals surface area (Å²) in [5, 5.41) is 2.88. The molecule has 0 fully saturated rings. The van der Waals surface area contributed by atoms with Gasteiger partial charge in [-0.1, -0.05) is 0 Å². The summed E-state index contributed by atoms with van der Waals surface area (Å²) in [5.41, 5.74) is 5.57. The first-order valence-corrected chi connectivity index (χ1v) is 5.57. The minimum atomic E-state index is 0.0710. The zero-order chi connectivity index (χ0) is 14.5. The summed E-state index contributed by atoms with van der Waals surface area (Å²) in [6, 6.07) is 3.12. The molecule has 0 aliphatic carbocycles. The highest BCUT2D eigenvalue weighted by Gasteiger charge is 2.08. The van der Waals surface area contributed by atoms with Crippen LogP contribution < -0.4 is 25.3 Å². The molecular weight excluding hydrogens is 264 g/mol. The Morgan fingerprint density at radius 2 is 1.40 bits per heavy atom. The Labute approximate surface area is 115 Å². The minimum Gasteiger partial charge on any atom is -0.481 e. The second-order valence-electron chi connectivity index (χ2n) is 3.56. The van der Waals surface area contributed by atoms with Gasteiger partial charge in [-0.25, -0.2) is 0 Å². The topological polar surface area (TPSA) is 117 Å². The zero-order valence-electron chi connectivity index (χ0n) is 11.2. The van der Waals surface area contributed by atoms with Crippen molar-refractivity contribution in [3.63, 3.8) is 0 Å². The average Bonchev–Trinajstić information content (AvgIpc) is 2.46. The van der Waals surface area contributed by atoms with Gasteiger partial charge in [-0.15, -0.1) is 0 Å². The van der Waals surface area contributed by atoms with Crippen LogP contribution in [0.3, 0.4) is 0 Å². The van der Waals surface area contributed by atoms with Crippen molar-refractivity contribution in [2.45, 2.75) is 0 Å². The van der Waals surface area contributed by atoms with Crippen molar-refractivity contribution in [1.82, 2.24) is 19.9 Å².